The normalized spacial score (nSPS) is 11.1. The van der Waals surface area contributed by atoms with Gasteiger partial charge in [0.25, 0.3) is 0 Å². The summed E-state index contributed by atoms with van der Waals surface area (Å²) < 4.78 is 5.91. The molecular formula is C21H28N4O. The number of guanidine groups is 1. The minimum atomic E-state index is 0.501. The number of aliphatic imine (C=N–C) groups is 1. The molecule has 2 aromatic rings. The summed E-state index contributed by atoms with van der Waals surface area (Å²) in [6.45, 7) is 5.80. The van der Waals surface area contributed by atoms with Gasteiger partial charge in [-0.2, -0.15) is 0 Å². The highest BCUT2D eigenvalue weighted by Crippen LogP contribution is 2.16. The van der Waals surface area contributed by atoms with E-state index in [2.05, 4.69) is 26.8 Å². The van der Waals surface area contributed by atoms with E-state index < -0.39 is 0 Å². The maximum absolute atomic E-state index is 5.91. The fraction of sp³-hybridized carbons (Fsp3) is 0.333. The Morgan fingerprint density at radius 3 is 2.81 bits per heavy atom. The first kappa shape index (κ1) is 19.5. The maximum Gasteiger partial charge on any atom is 0.218 e. The summed E-state index contributed by atoms with van der Waals surface area (Å²) >= 11 is 0. The van der Waals surface area contributed by atoms with Gasteiger partial charge in [0, 0.05) is 38.9 Å². The van der Waals surface area contributed by atoms with Gasteiger partial charge in [-0.15, -0.1) is 6.58 Å². The molecule has 138 valence electrons. The summed E-state index contributed by atoms with van der Waals surface area (Å²) in [5.41, 5.74) is 2.12. The molecule has 26 heavy (non-hydrogen) atoms. The van der Waals surface area contributed by atoms with Gasteiger partial charge in [-0.1, -0.05) is 42.5 Å². The zero-order valence-corrected chi connectivity index (χ0v) is 15.7. The van der Waals surface area contributed by atoms with Crippen molar-refractivity contribution in [2.45, 2.75) is 26.0 Å². The van der Waals surface area contributed by atoms with Gasteiger partial charge in [-0.05, 0) is 24.5 Å². The molecule has 1 heterocycles. The highest BCUT2D eigenvalue weighted by molar-refractivity contribution is 5.79. The Morgan fingerprint density at radius 2 is 2.08 bits per heavy atom. The molecule has 0 aliphatic heterocycles. The maximum atomic E-state index is 5.91. The van der Waals surface area contributed by atoms with E-state index in [0.717, 1.165) is 36.5 Å². The van der Waals surface area contributed by atoms with Crippen LogP contribution in [0.4, 0.5) is 0 Å². The van der Waals surface area contributed by atoms with Crippen molar-refractivity contribution in [2.75, 3.05) is 20.6 Å². The fourth-order valence-electron chi connectivity index (χ4n) is 2.55. The number of rotatable bonds is 9. The van der Waals surface area contributed by atoms with E-state index in [-0.39, 0.29) is 0 Å². The van der Waals surface area contributed by atoms with E-state index >= 15 is 0 Å². The molecule has 0 saturated heterocycles. The minimum Gasteiger partial charge on any atom is -0.473 e. The summed E-state index contributed by atoms with van der Waals surface area (Å²) in [7, 11) is 3.83. The number of allylic oxidation sites excluding steroid dienone is 1. The number of benzene rings is 1. The van der Waals surface area contributed by atoms with Crippen LogP contribution in [-0.4, -0.2) is 36.5 Å². The molecule has 0 bridgehead atoms. The Balaban J connectivity index is 1.93. The van der Waals surface area contributed by atoms with Crippen molar-refractivity contribution < 1.29 is 4.74 Å². The van der Waals surface area contributed by atoms with Crippen LogP contribution in [0, 0.1) is 0 Å². The van der Waals surface area contributed by atoms with Crippen molar-refractivity contribution in [2.24, 2.45) is 4.99 Å². The molecule has 0 atom stereocenters. The number of nitrogens with one attached hydrogen (secondary N) is 1. The highest BCUT2D eigenvalue weighted by Gasteiger charge is 2.09. The molecule has 5 nitrogen and oxygen atoms in total. The standard InChI is InChI=1S/C21H28N4O/c1-4-5-9-15-25(3)21(22-2)24-16-19-13-10-14-23-20(19)26-17-18-11-7-6-8-12-18/h4,6-8,10-14H,1,5,9,15-17H2,2-3H3,(H,22,24). The number of pyridine rings is 1. The average molecular weight is 352 g/mol. The van der Waals surface area contributed by atoms with Crippen LogP contribution in [-0.2, 0) is 13.2 Å². The molecule has 0 radical (unpaired) electrons. The summed E-state index contributed by atoms with van der Waals surface area (Å²) in [5, 5.41) is 3.38. The lowest BCUT2D eigenvalue weighted by Gasteiger charge is -2.22. The van der Waals surface area contributed by atoms with E-state index in [1.807, 2.05) is 55.6 Å². The second-order valence-corrected chi connectivity index (χ2v) is 6.00. The van der Waals surface area contributed by atoms with Crippen molar-refractivity contribution in [3.63, 3.8) is 0 Å². The molecule has 2 rings (SSSR count). The molecule has 1 aromatic heterocycles. The van der Waals surface area contributed by atoms with Crippen molar-refractivity contribution in [3.8, 4) is 5.88 Å². The number of hydrogen-bond acceptors (Lipinski definition) is 3. The van der Waals surface area contributed by atoms with Gasteiger partial charge in [0.1, 0.15) is 6.61 Å². The van der Waals surface area contributed by atoms with Crippen LogP contribution >= 0.6 is 0 Å². The SMILES string of the molecule is C=CCCCN(C)C(=NC)NCc1cccnc1OCc1ccccc1. The van der Waals surface area contributed by atoms with Crippen LogP contribution < -0.4 is 10.1 Å². The van der Waals surface area contributed by atoms with E-state index in [1.165, 1.54) is 0 Å². The van der Waals surface area contributed by atoms with Gasteiger partial charge in [-0.25, -0.2) is 4.98 Å². The van der Waals surface area contributed by atoms with Crippen molar-refractivity contribution >= 4 is 5.96 Å². The van der Waals surface area contributed by atoms with Crippen LogP contribution in [0.25, 0.3) is 0 Å². The fourth-order valence-corrected chi connectivity index (χ4v) is 2.55. The lowest BCUT2D eigenvalue weighted by atomic mass is 10.2. The monoisotopic (exact) mass is 352 g/mol. The summed E-state index contributed by atoms with van der Waals surface area (Å²) in [5.74, 6) is 1.50. The molecule has 0 unspecified atom stereocenters. The lowest BCUT2D eigenvalue weighted by molar-refractivity contribution is 0.290. The van der Waals surface area contributed by atoms with Crippen LogP contribution in [0.3, 0.4) is 0 Å². The molecule has 0 saturated carbocycles. The summed E-state index contributed by atoms with van der Waals surface area (Å²) in [4.78, 5) is 10.8. The van der Waals surface area contributed by atoms with Crippen molar-refractivity contribution in [3.05, 3.63) is 72.4 Å². The van der Waals surface area contributed by atoms with E-state index in [4.69, 9.17) is 4.74 Å². The molecular weight excluding hydrogens is 324 g/mol. The number of ether oxygens (including phenoxy) is 1. The third-order valence-electron chi connectivity index (χ3n) is 3.98. The Morgan fingerprint density at radius 1 is 1.27 bits per heavy atom. The highest BCUT2D eigenvalue weighted by atomic mass is 16.5. The van der Waals surface area contributed by atoms with Gasteiger partial charge in [0.05, 0.1) is 0 Å². The Kier molecular flexibility index (Phi) is 8.19. The first-order valence-corrected chi connectivity index (χ1v) is 8.88. The molecule has 0 fully saturated rings. The number of unbranched alkanes of at least 4 members (excludes halogenated alkanes) is 1. The average Bonchev–Trinajstić information content (AvgIpc) is 2.68. The summed E-state index contributed by atoms with van der Waals surface area (Å²) in [6.07, 6.45) is 5.75. The smallest absolute Gasteiger partial charge is 0.218 e. The van der Waals surface area contributed by atoms with Gasteiger partial charge >= 0.3 is 0 Å². The van der Waals surface area contributed by atoms with Gasteiger partial charge < -0.3 is 15.0 Å². The van der Waals surface area contributed by atoms with E-state index in [0.29, 0.717) is 19.0 Å². The predicted octanol–water partition coefficient (Wildman–Crippen LogP) is 3.63. The molecule has 0 aliphatic rings. The Hall–Kier alpha value is -2.82. The van der Waals surface area contributed by atoms with Crippen LogP contribution in [0.2, 0.25) is 0 Å². The number of hydrogen-bond donors (Lipinski definition) is 1. The lowest BCUT2D eigenvalue weighted by Crippen LogP contribution is -2.39. The van der Waals surface area contributed by atoms with Gasteiger partial charge in [0.15, 0.2) is 5.96 Å². The predicted molar refractivity (Wildman–Crippen MR) is 107 cm³/mol. The second kappa shape index (κ2) is 10.9. The van der Waals surface area contributed by atoms with Crippen molar-refractivity contribution in [1.29, 1.82) is 0 Å². The van der Waals surface area contributed by atoms with Crippen molar-refractivity contribution in [1.82, 2.24) is 15.2 Å². The largest absolute Gasteiger partial charge is 0.473 e. The van der Waals surface area contributed by atoms with Gasteiger partial charge in [0.2, 0.25) is 5.88 Å². The second-order valence-electron chi connectivity index (χ2n) is 6.00. The Labute approximate surface area is 156 Å². The topological polar surface area (TPSA) is 49.8 Å². The number of nitrogens with zero attached hydrogens (tertiary/aromatic N) is 3. The Bertz CT molecular complexity index is 700. The summed E-state index contributed by atoms with van der Waals surface area (Å²) in [6, 6.07) is 14.0. The molecule has 1 N–H and O–H groups in total. The third-order valence-corrected chi connectivity index (χ3v) is 3.98. The molecule has 0 aliphatic carbocycles. The molecule has 0 spiro atoms. The molecule has 1 aromatic carbocycles. The minimum absolute atomic E-state index is 0.501. The van der Waals surface area contributed by atoms with E-state index in [1.54, 1.807) is 13.2 Å². The van der Waals surface area contributed by atoms with E-state index in [9.17, 15) is 0 Å². The molecule has 5 heteroatoms. The quantitative estimate of drug-likeness (QED) is 0.324. The third kappa shape index (κ3) is 6.24. The number of aromatic nitrogens is 1. The van der Waals surface area contributed by atoms with Crippen LogP contribution in [0.5, 0.6) is 5.88 Å². The zero-order chi connectivity index (χ0) is 18.6. The molecule has 0 amide bonds. The van der Waals surface area contributed by atoms with Gasteiger partial charge in [-0.3, -0.25) is 4.99 Å². The van der Waals surface area contributed by atoms with Crippen LogP contribution in [0.1, 0.15) is 24.0 Å². The first-order chi connectivity index (χ1) is 12.7. The van der Waals surface area contributed by atoms with Crippen LogP contribution in [0.15, 0.2) is 66.3 Å². The zero-order valence-electron chi connectivity index (χ0n) is 15.7. The first-order valence-electron chi connectivity index (χ1n) is 8.88.